The Hall–Kier alpha value is -4.98. The van der Waals surface area contributed by atoms with E-state index < -0.39 is 6.03 Å². The minimum absolute atomic E-state index is 0.154. The molecule has 2 heterocycles. The van der Waals surface area contributed by atoms with E-state index in [-0.39, 0.29) is 18.9 Å². The van der Waals surface area contributed by atoms with Gasteiger partial charge in [-0.2, -0.15) is 5.10 Å². The first-order valence-corrected chi connectivity index (χ1v) is 11.5. The van der Waals surface area contributed by atoms with Crippen molar-refractivity contribution in [3.8, 4) is 16.9 Å². The molecular weight excluding hydrogens is 452 g/mol. The number of urea groups is 1. The van der Waals surface area contributed by atoms with Crippen LogP contribution in [-0.4, -0.2) is 26.7 Å². The quantitative estimate of drug-likeness (QED) is 0.320. The van der Waals surface area contributed by atoms with Crippen LogP contribution in [0.2, 0.25) is 0 Å². The van der Waals surface area contributed by atoms with Gasteiger partial charge in [0.15, 0.2) is 0 Å². The number of carbonyl (C=O) groups excluding carboxylic acids is 2. The summed E-state index contributed by atoms with van der Waals surface area (Å²) in [6.45, 7) is 0.219. The molecule has 0 aliphatic heterocycles. The molecule has 0 unspecified atom stereocenters. The summed E-state index contributed by atoms with van der Waals surface area (Å²) in [4.78, 5) is 28.8. The zero-order valence-corrected chi connectivity index (χ0v) is 19.4. The lowest BCUT2D eigenvalue weighted by Gasteiger charge is -2.09. The van der Waals surface area contributed by atoms with Gasteiger partial charge in [0.25, 0.3) is 0 Å². The number of nitrogens with zero attached hydrogens (tertiary/aromatic N) is 3. The number of amides is 3. The predicted molar refractivity (Wildman–Crippen MR) is 138 cm³/mol. The third-order valence-corrected chi connectivity index (χ3v) is 5.70. The van der Waals surface area contributed by atoms with Crippen LogP contribution >= 0.6 is 0 Å². The summed E-state index contributed by atoms with van der Waals surface area (Å²) < 4.78 is 1.77. The molecule has 3 aromatic carbocycles. The summed E-state index contributed by atoms with van der Waals surface area (Å²) in [6.07, 6.45) is 5.43. The van der Waals surface area contributed by atoms with Crippen molar-refractivity contribution >= 4 is 22.7 Å². The smallest absolute Gasteiger partial charge is 0.333 e. The van der Waals surface area contributed by atoms with E-state index in [9.17, 15) is 9.59 Å². The maximum atomic E-state index is 12.4. The predicted octanol–water partition coefficient (Wildman–Crippen LogP) is 4.16. The largest absolute Gasteiger partial charge is 0.333 e. The molecule has 0 saturated carbocycles. The monoisotopic (exact) mass is 476 g/mol. The fourth-order valence-corrected chi connectivity index (χ4v) is 3.93. The molecule has 0 aliphatic rings. The summed E-state index contributed by atoms with van der Waals surface area (Å²) in [7, 11) is 0. The first kappa shape index (κ1) is 22.8. The number of para-hydroxylation sites is 1. The van der Waals surface area contributed by atoms with E-state index in [1.807, 2.05) is 91.1 Å². The molecule has 8 heteroatoms. The number of aromatic nitrogens is 3. The minimum Gasteiger partial charge on any atom is -0.333 e. The van der Waals surface area contributed by atoms with E-state index in [1.54, 1.807) is 17.1 Å². The second-order valence-corrected chi connectivity index (χ2v) is 8.23. The number of nitrogens with one attached hydrogen (secondary N) is 3. The number of rotatable bonds is 6. The molecule has 0 bridgehead atoms. The molecule has 3 N–H and O–H groups in total. The Bertz CT molecular complexity index is 1500. The number of carbonyl (C=O) groups is 2. The number of fused-ring (bicyclic) bond motifs is 1. The van der Waals surface area contributed by atoms with E-state index in [1.165, 1.54) is 0 Å². The van der Waals surface area contributed by atoms with Crippen molar-refractivity contribution in [2.24, 2.45) is 0 Å². The van der Waals surface area contributed by atoms with Crippen LogP contribution in [0.1, 0.15) is 11.1 Å². The molecule has 5 aromatic rings. The Balaban J connectivity index is 1.20. The minimum atomic E-state index is -0.519. The molecule has 0 spiro atoms. The highest BCUT2D eigenvalue weighted by Crippen LogP contribution is 2.23. The first-order chi connectivity index (χ1) is 17.7. The van der Waals surface area contributed by atoms with Crippen molar-refractivity contribution in [1.82, 2.24) is 30.9 Å². The second kappa shape index (κ2) is 10.5. The maximum Gasteiger partial charge on any atom is 0.333 e. The van der Waals surface area contributed by atoms with Crippen molar-refractivity contribution < 1.29 is 9.59 Å². The number of hydrogen-bond donors (Lipinski definition) is 3. The van der Waals surface area contributed by atoms with Crippen LogP contribution in [0, 0.1) is 0 Å². The zero-order chi connectivity index (χ0) is 24.7. The van der Waals surface area contributed by atoms with E-state index in [4.69, 9.17) is 5.10 Å². The van der Waals surface area contributed by atoms with Gasteiger partial charge in [-0.15, -0.1) is 0 Å². The number of hydrogen-bond acceptors (Lipinski definition) is 4. The third kappa shape index (κ3) is 5.39. The molecule has 0 saturated heterocycles. The topological polar surface area (TPSA) is 101 Å². The molecule has 5 rings (SSSR count). The van der Waals surface area contributed by atoms with Gasteiger partial charge in [-0.3, -0.25) is 15.2 Å². The van der Waals surface area contributed by atoms with Crippen molar-refractivity contribution in [1.29, 1.82) is 0 Å². The van der Waals surface area contributed by atoms with E-state index in [0.29, 0.717) is 0 Å². The molecule has 3 amide bonds. The molecule has 0 aliphatic carbocycles. The maximum absolute atomic E-state index is 12.4. The fraction of sp³-hybridized carbons (Fsp3) is 0.0714. The molecule has 0 radical (unpaired) electrons. The van der Waals surface area contributed by atoms with Gasteiger partial charge in [0, 0.05) is 36.3 Å². The van der Waals surface area contributed by atoms with Crippen LogP contribution in [-0.2, 0) is 17.8 Å². The third-order valence-electron chi connectivity index (χ3n) is 5.70. The van der Waals surface area contributed by atoms with E-state index in [2.05, 4.69) is 21.2 Å². The molecule has 178 valence electrons. The van der Waals surface area contributed by atoms with Gasteiger partial charge >= 0.3 is 6.03 Å². The number of hydrazine groups is 1. The van der Waals surface area contributed by atoms with Crippen LogP contribution in [0.4, 0.5) is 4.79 Å². The van der Waals surface area contributed by atoms with Gasteiger partial charge < -0.3 is 5.32 Å². The number of benzene rings is 3. The highest BCUT2D eigenvalue weighted by Gasteiger charge is 2.14. The molecule has 0 atom stereocenters. The SMILES string of the molecule is O=C(Cc1ccc2ccccc2c1)NNC(=O)NCc1cn(-c2ccccc2)nc1-c1ccncc1. The van der Waals surface area contributed by atoms with Gasteiger partial charge in [-0.25, -0.2) is 14.9 Å². The van der Waals surface area contributed by atoms with E-state index >= 15 is 0 Å². The summed E-state index contributed by atoms with van der Waals surface area (Å²) in [5, 5.41) is 9.68. The van der Waals surface area contributed by atoms with Crippen LogP contribution in [0.15, 0.2) is 104 Å². The number of pyridine rings is 1. The molecule has 2 aromatic heterocycles. The van der Waals surface area contributed by atoms with Crippen molar-refractivity contribution in [2.75, 3.05) is 0 Å². The second-order valence-electron chi connectivity index (χ2n) is 8.23. The zero-order valence-electron chi connectivity index (χ0n) is 19.4. The van der Waals surface area contributed by atoms with Crippen molar-refractivity contribution in [2.45, 2.75) is 13.0 Å². The highest BCUT2D eigenvalue weighted by molar-refractivity contribution is 5.86. The van der Waals surface area contributed by atoms with Gasteiger partial charge in [0.1, 0.15) is 0 Å². The Morgan fingerprint density at radius 2 is 1.56 bits per heavy atom. The Morgan fingerprint density at radius 1 is 0.806 bits per heavy atom. The van der Waals surface area contributed by atoms with Gasteiger partial charge in [0.2, 0.25) is 5.91 Å². The average Bonchev–Trinajstić information content (AvgIpc) is 3.36. The highest BCUT2D eigenvalue weighted by atomic mass is 16.2. The van der Waals surface area contributed by atoms with Crippen LogP contribution in [0.3, 0.4) is 0 Å². The molecule has 8 nitrogen and oxygen atoms in total. The van der Waals surface area contributed by atoms with E-state index in [0.717, 1.165) is 38.8 Å². The van der Waals surface area contributed by atoms with Crippen LogP contribution in [0.25, 0.3) is 27.7 Å². The Kier molecular flexibility index (Phi) is 6.66. The fourth-order valence-electron chi connectivity index (χ4n) is 3.93. The first-order valence-electron chi connectivity index (χ1n) is 11.5. The van der Waals surface area contributed by atoms with Gasteiger partial charge in [-0.05, 0) is 40.6 Å². The Morgan fingerprint density at radius 3 is 2.36 bits per heavy atom. The summed E-state index contributed by atoms with van der Waals surface area (Å²) >= 11 is 0. The lowest BCUT2D eigenvalue weighted by Crippen LogP contribution is -2.47. The normalized spacial score (nSPS) is 10.7. The van der Waals surface area contributed by atoms with Crippen molar-refractivity contribution in [3.63, 3.8) is 0 Å². The lowest BCUT2D eigenvalue weighted by molar-refractivity contribution is -0.121. The van der Waals surface area contributed by atoms with Crippen molar-refractivity contribution in [3.05, 3.63) is 115 Å². The van der Waals surface area contributed by atoms with Crippen LogP contribution < -0.4 is 16.2 Å². The van der Waals surface area contributed by atoms with Gasteiger partial charge in [0.05, 0.1) is 17.8 Å². The average molecular weight is 477 g/mol. The Labute approximate surface area is 208 Å². The summed E-state index contributed by atoms with van der Waals surface area (Å²) in [6, 6.07) is 26.8. The molecular formula is C28H24N6O2. The molecule has 0 fully saturated rings. The van der Waals surface area contributed by atoms with Crippen LogP contribution in [0.5, 0.6) is 0 Å². The molecule has 36 heavy (non-hydrogen) atoms. The standard InChI is InChI=1S/C28H24N6O2/c35-26(17-20-10-11-21-6-4-5-7-23(21)16-20)31-32-28(36)30-18-24-19-34(25-8-2-1-3-9-25)33-27(24)22-12-14-29-15-13-22/h1-16,19H,17-18H2,(H,31,35)(H2,30,32,36). The lowest BCUT2D eigenvalue weighted by atomic mass is 10.1. The van der Waals surface area contributed by atoms with Gasteiger partial charge in [-0.1, -0.05) is 60.7 Å². The summed E-state index contributed by atoms with van der Waals surface area (Å²) in [5.74, 6) is -0.310. The summed E-state index contributed by atoms with van der Waals surface area (Å²) in [5.41, 5.74) is 9.10.